The van der Waals surface area contributed by atoms with Crippen molar-refractivity contribution in [3.05, 3.63) is 108 Å². The van der Waals surface area contributed by atoms with Gasteiger partial charge in [0.05, 0.1) is 22.1 Å². The number of hydrogen-bond donors (Lipinski definition) is 0. The predicted molar refractivity (Wildman–Crippen MR) is 124 cm³/mol. The summed E-state index contributed by atoms with van der Waals surface area (Å²) in [5, 5.41) is 8.60. The molecule has 6 heteroatoms. The lowest BCUT2D eigenvalue weighted by molar-refractivity contribution is 0.631. The Morgan fingerprint density at radius 3 is 1.34 bits per heavy atom. The lowest BCUT2D eigenvalue weighted by atomic mass is 10.0. The summed E-state index contributed by atoms with van der Waals surface area (Å²) in [7, 11) is 0. The van der Waals surface area contributed by atoms with Gasteiger partial charge in [0.1, 0.15) is 22.7 Å². The van der Waals surface area contributed by atoms with Crippen molar-refractivity contribution in [3.63, 3.8) is 0 Å². The molecule has 0 amide bonds. The van der Waals surface area contributed by atoms with Crippen molar-refractivity contribution in [2.45, 2.75) is 0 Å². The van der Waals surface area contributed by atoms with Crippen molar-refractivity contribution in [2.75, 3.05) is 0 Å². The van der Waals surface area contributed by atoms with Crippen LogP contribution in [0.25, 0.3) is 21.8 Å². The fourth-order valence-electron chi connectivity index (χ4n) is 3.48. The van der Waals surface area contributed by atoms with Crippen LogP contribution in [0.3, 0.4) is 0 Å². The van der Waals surface area contributed by atoms with Crippen LogP contribution in [0.1, 0.15) is 11.1 Å². The van der Waals surface area contributed by atoms with Crippen LogP contribution in [0.2, 0.25) is 0 Å². The molecule has 32 heavy (non-hydrogen) atoms. The highest BCUT2D eigenvalue weighted by molar-refractivity contribution is 6.13. The van der Waals surface area contributed by atoms with Crippen LogP contribution in [0.4, 0.5) is 20.2 Å². The van der Waals surface area contributed by atoms with E-state index < -0.39 is 11.6 Å². The average molecular weight is 422 g/mol. The van der Waals surface area contributed by atoms with Gasteiger partial charge in [-0.25, -0.2) is 8.78 Å². The average Bonchev–Trinajstić information content (AvgIpc) is 2.84. The van der Waals surface area contributed by atoms with E-state index in [4.69, 9.17) is 0 Å². The van der Waals surface area contributed by atoms with Gasteiger partial charge in [-0.3, -0.25) is 9.98 Å². The highest BCUT2D eigenvalue weighted by atomic mass is 19.1. The second kappa shape index (κ2) is 8.43. The number of fused-ring (bicyclic) bond motifs is 3. The van der Waals surface area contributed by atoms with Gasteiger partial charge >= 0.3 is 0 Å². The van der Waals surface area contributed by atoms with Crippen LogP contribution >= 0.6 is 0 Å². The van der Waals surface area contributed by atoms with Gasteiger partial charge in [-0.05, 0) is 48.5 Å². The Bertz CT molecular complexity index is 1370. The number of aromatic nitrogens is 2. The maximum Gasteiger partial charge on any atom is 0.133 e. The standard InChI is InChI=1S/C26H16F2N4/c27-21-13-11-17(15-29-19-7-3-1-4-8-19)25-23(21)24-22(28)14-12-18(26(24)32-31-25)16-30-20-9-5-2-6-10-20/h1-16H/b29-15+,30-16+. The molecule has 154 valence electrons. The van der Waals surface area contributed by atoms with Crippen molar-refractivity contribution >= 4 is 45.6 Å². The highest BCUT2D eigenvalue weighted by Gasteiger charge is 2.16. The van der Waals surface area contributed by atoms with E-state index in [0.29, 0.717) is 11.1 Å². The molecule has 1 heterocycles. The van der Waals surface area contributed by atoms with Gasteiger partial charge in [0, 0.05) is 23.6 Å². The fourth-order valence-corrected chi connectivity index (χ4v) is 3.48. The third kappa shape index (κ3) is 3.74. The van der Waals surface area contributed by atoms with Gasteiger partial charge in [-0.1, -0.05) is 36.4 Å². The Balaban J connectivity index is 1.67. The normalized spacial score (nSPS) is 11.8. The SMILES string of the molecule is Fc1ccc(/C=N/c2ccccc2)c2nnc3c(/C=N/c4ccccc4)ccc(F)c3c12. The van der Waals surface area contributed by atoms with Crippen LogP contribution < -0.4 is 0 Å². The van der Waals surface area contributed by atoms with E-state index >= 15 is 0 Å². The quantitative estimate of drug-likeness (QED) is 0.243. The molecule has 0 aliphatic carbocycles. The first kappa shape index (κ1) is 19.6. The second-order valence-electron chi connectivity index (χ2n) is 7.11. The number of halogens is 2. The second-order valence-corrected chi connectivity index (χ2v) is 7.11. The van der Waals surface area contributed by atoms with Crippen molar-refractivity contribution in [1.29, 1.82) is 0 Å². The molecular weight excluding hydrogens is 406 g/mol. The first-order valence-electron chi connectivity index (χ1n) is 9.96. The summed E-state index contributed by atoms with van der Waals surface area (Å²) < 4.78 is 29.8. The summed E-state index contributed by atoms with van der Waals surface area (Å²) in [6.45, 7) is 0. The number of rotatable bonds is 4. The Morgan fingerprint density at radius 2 is 0.938 bits per heavy atom. The van der Waals surface area contributed by atoms with Gasteiger partial charge < -0.3 is 0 Å². The molecule has 0 bridgehead atoms. The molecule has 0 saturated heterocycles. The first-order chi connectivity index (χ1) is 15.7. The van der Waals surface area contributed by atoms with Crippen molar-refractivity contribution in [3.8, 4) is 0 Å². The van der Waals surface area contributed by atoms with Crippen LogP contribution in [-0.4, -0.2) is 22.6 Å². The van der Waals surface area contributed by atoms with E-state index in [1.165, 1.54) is 12.1 Å². The van der Waals surface area contributed by atoms with Gasteiger partial charge in [-0.15, -0.1) is 10.2 Å². The van der Waals surface area contributed by atoms with E-state index in [-0.39, 0.29) is 21.8 Å². The number of para-hydroxylation sites is 2. The van der Waals surface area contributed by atoms with E-state index in [2.05, 4.69) is 20.2 Å². The van der Waals surface area contributed by atoms with Crippen molar-refractivity contribution in [2.24, 2.45) is 9.98 Å². The summed E-state index contributed by atoms with van der Waals surface area (Å²) in [6.07, 6.45) is 3.16. The van der Waals surface area contributed by atoms with Gasteiger partial charge in [0.15, 0.2) is 0 Å². The zero-order valence-corrected chi connectivity index (χ0v) is 16.8. The molecule has 0 aliphatic rings. The zero-order chi connectivity index (χ0) is 21.9. The minimum atomic E-state index is -0.576. The maximum atomic E-state index is 14.9. The van der Waals surface area contributed by atoms with Crippen LogP contribution in [0.5, 0.6) is 0 Å². The first-order valence-corrected chi connectivity index (χ1v) is 9.96. The predicted octanol–water partition coefficient (Wildman–Crippen LogP) is 6.56. The largest absolute Gasteiger partial charge is 0.256 e. The van der Waals surface area contributed by atoms with Gasteiger partial charge in [-0.2, -0.15) is 0 Å². The maximum absolute atomic E-state index is 14.9. The molecule has 1 aromatic heterocycles. The molecule has 0 saturated carbocycles. The Labute approximate surface area is 182 Å². The van der Waals surface area contributed by atoms with Gasteiger partial charge in [0.25, 0.3) is 0 Å². The smallest absolute Gasteiger partial charge is 0.133 e. The summed E-state index contributed by atoms with van der Waals surface area (Å²) in [6, 6.07) is 24.4. The lowest BCUT2D eigenvalue weighted by Crippen LogP contribution is -1.99. The molecule has 5 rings (SSSR count). The Hall–Kier alpha value is -4.32. The molecule has 0 N–H and O–H groups in total. The molecule has 0 atom stereocenters. The zero-order valence-electron chi connectivity index (χ0n) is 16.8. The Kier molecular flexibility index (Phi) is 5.17. The third-order valence-electron chi connectivity index (χ3n) is 5.03. The molecule has 0 unspecified atom stereocenters. The van der Waals surface area contributed by atoms with E-state index in [0.717, 1.165) is 11.4 Å². The van der Waals surface area contributed by atoms with Crippen LogP contribution in [0, 0.1) is 11.6 Å². The summed E-state index contributed by atoms with van der Waals surface area (Å²) in [5.41, 5.74) is 3.06. The number of hydrogen-bond acceptors (Lipinski definition) is 4. The minimum absolute atomic E-state index is 0.0690. The topological polar surface area (TPSA) is 50.5 Å². The molecule has 0 fully saturated rings. The number of nitrogens with zero attached hydrogens (tertiary/aromatic N) is 4. The highest BCUT2D eigenvalue weighted by Crippen LogP contribution is 2.30. The summed E-state index contributed by atoms with van der Waals surface area (Å²) in [5.74, 6) is -1.15. The van der Waals surface area contributed by atoms with E-state index in [1.807, 2.05) is 60.7 Å². The van der Waals surface area contributed by atoms with Crippen molar-refractivity contribution < 1.29 is 8.78 Å². The molecule has 0 radical (unpaired) electrons. The monoisotopic (exact) mass is 422 g/mol. The molecule has 0 spiro atoms. The lowest BCUT2D eigenvalue weighted by Gasteiger charge is -2.08. The van der Waals surface area contributed by atoms with Gasteiger partial charge in [0.2, 0.25) is 0 Å². The summed E-state index contributed by atoms with van der Waals surface area (Å²) in [4.78, 5) is 8.82. The van der Waals surface area contributed by atoms with Crippen LogP contribution in [-0.2, 0) is 0 Å². The van der Waals surface area contributed by atoms with E-state index in [9.17, 15) is 8.78 Å². The molecular formula is C26H16F2N4. The molecule has 4 nitrogen and oxygen atoms in total. The Morgan fingerprint density at radius 1 is 0.531 bits per heavy atom. The van der Waals surface area contributed by atoms with E-state index in [1.54, 1.807) is 24.6 Å². The molecule has 0 aliphatic heterocycles. The third-order valence-corrected chi connectivity index (χ3v) is 5.03. The van der Waals surface area contributed by atoms with Crippen LogP contribution in [0.15, 0.2) is 94.9 Å². The molecule has 4 aromatic carbocycles. The fraction of sp³-hybridized carbons (Fsp3) is 0. The number of aliphatic imine (C=N–C) groups is 2. The minimum Gasteiger partial charge on any atom is -0.256 e. The summed E-state index contributed by atoms with van der Waals surface area (Å²) >= 11 is 0. The van der Waals surface area contributed by atoms with Crippen molar-refractivity contribution in [1.82, 2.24) is 10.2 Å². The number of benzene rings is 4. The molecule has 5 aromatic rings.